The lowest BCUT2D eigenvalue weighted by atomic mass is 10.2. The molecule has 1 saturated heterocycles. The molecular formula is C8H3Cl2NO3S. The van der Waals surface area contributed by atoms with Gasteiger partial charge in [0.25, 0.3) is 0 Å². The number of hydrogen-bond donors (Lipinski definition) is 1. The Morgan fingerprint density at radius 3 is 2.73 bits per heavy atom. The van der Waals surface area contributed by atoms with Gasteiger partial charge in [-0.25, -0.2) is 4.79 Å². The van der Waals surface area contributed by atoms with Gasteiger partial charge in [0.2, 0.25) is 5.78 Å². The summed E-state index contributed by atoms with van der Waals surface area (Å²) in [5, 5.41) is 2.54. The minimum Gasteiger partial charge on any atom is -0.435 e. The lowest BCUT2D eigenvalue weighted by Gasteiger charge is -2.04. The first-order valence-electron chi connectivity index (χ1n) is 4.08. The SMILES string of the molecule is O=C1N[C@@H]2c3c(Cl)sc(Cl)c3C(=O)[C@H]2O1. The number of amides is 1. The molecular weight excluding hydrogens is 261 g/mol. The zero-order chi connectivity index (χ0) is 10.7. The van der Waals surface area contributed by atoms with Gasteiger partial charge < -0.3 is 10.1 Å². The van der Waals surface area contributed by atoms with Crippen molar-refractivity contribution in [3.63, 3.8) is 0 Å². The third-order valence-electron chi connectivity index (χ3n) is 2.48. The Morgan fingerprint density at radius 1 is 1.27 bits per heavy atom. The Bertz CT molecular complexity index is 498. The fraction of sp³-hybridized carbons (Fsp3) is 0.250. The van der Waals surface area contributed by atoms with Crippen LogP contribution in [-0.2, 0) is 4.74 Å². The lowest BCUT2D eigenvalue weighted by Crippen LogP contribution is -2.20. The zero-order valence-corrected chi connectivity index (χ0v) is 9.37. The third-order valence-corrected chi connectivity index (χ3v) is 4.12. The summed E-state index contributed by atoms with van der Waals surface area (Å²) in [6.45, 7) is 0. The molecule has 1 aromatic rings. The van der Waals surface area contributed by atoms with Gasteiger partial charge in [-0.1, -0.05) is 23.2 Å². The van der Waals surface area contributed by atoms with E-state index in [9.17, 15) is 9.59 Å². The van der Waals surface area contributed by atoms with Crippen LogP contribution in [0.3, 0.4) is 0 Å². The second-order valence-corrected chi connectivity index (χ2v) is 5.48. The number of ketones is 1. The zero-order valence-electron chi connectivity index (χ0n) is 7.04. The molecule has 2 atom stereocenters. The predicted molar refractivity (Wildman–Crippen MR) is 54.8 cm³/mol. The van der Waals surface area contributed by atoms with Gasteiger partial charge in [-0.15, -0.1) is 11.3 Å². The van der Waals surface area contributed by atoms with Crippen molar-refractivity contribution < 1.29 is 14.3 Å². The fourth-order valence-electron chi connectivity index (χ4n) is 1.89. The Labute approximate surface area is 98.1 Å². The van der Waals surface area contributed by atoms with Gasteiger partial charge in [0.15, 0.2) is 6.10 Å². The molecule has 2 heterocycles. The number of carbonyl (C=O) groups is 2. The van der Waals surface area contributed by atoms with E-state index in [0.29, 0.717) is 19.8 Å². The highest BCUT2D eigenvalue weighted by Crippen LogP contribution is 2.48. The molecule has 1 aliphatic carbocycles. The average molecular weight is 264 g/mol. The van der Waals surface area contributed by atoms with Crippen LogP contribution in [0.5, 0.6) is 0 Å². The minimum absolute atomic E-state index is 0.276. The molecule has 0 bridgehead atoms. The summed E-state index contributed by atoms with van der Waals surface area (Å²) >= 11 is 13.0. The summed E-state index contributed by atoms with van der Waals surface area (Å²) in [5.41, 5.74) is 0.981. The van der Waals surface area contributed by atoms with E-state index in [1.807, 2.05) is 0 Å². The molecule has 0 aromatic carbocycles. The van der Waals surface area contributed by atoms with Crippen LogP contribution in [0, 0.1) is 0 Å². The topological polar surface area (TPSA) is 55.4 Å². The minimum atomic E-state index is -0.800. The van der Waals surface area contributed by atoms with Crippen molar-refractivity contribution in [2.45, 2.75) is 12.1 Å². The van der Waals surface area contributed by atoms with Gasteiger partial charge in [0.1, 0.15) is 14.7 Å². The van der Waals surface area contributed by atoms with E-state index in [1.165, 1.54) is 0 Å². The molecule has 0 radical (unpaired) electrons. The highest BCUT2D eigenvalue weighted by molar-refractivity contribution is 7.20. The van der Waals surface area contributed by atoms with Crippen molar-refractivity contribution in [1.29, 1.82) is 0 Å². The summed E-state index contributed by atoms with van der Waals surface area (Å²) in [6, 6.07) is -0.476. The molecule has 0 saturated carbocycles. The van der Waals surface area contributed by atoms with Crippen LogP contribution in [0.25, 0.3) is 0 Å². The molecule has 1 aromatic heterocycles. The molecule has 4 nitrogen and oxygen atoms in total. The average Bonchev–Trinajstić information content (AvgIpc) is 2.71. The number of fused-ring (bicyclic) bond motifs is 3. The van der Waals surface area contributed by atoms with E-state index >= 15 is 0 Å². The molecule has 1 amide bonds. The number of halogens is 2. The molecule has 0 unspecified atom stereocenters. The van der Waals surface area contributed by atoms with E-state index in [2.05, 4.69) is 5.32 Å². The van der Waals surface area contributed by atoms with Crippen LogP contribution in [0.2, 0.25) is 8.67 Å². The molecule has 15 heavy (non-hydrogen) atoms. The third kappa shape index (κ3) is 1.08. The van der Waals surface area contributed by atoms with Crippen LogP contribution in [0.15, 0.2) is 0 Å². The maximum Gasteiger partial charge on any atom is 0.408 e. The number of ether oxygens (including phenoxy) is 1. The molecule has 1 fully saturated rings. The van der Waals surface area contributed by atoms with Gasteiger partial charge in [0.05, 0.1) is 5.56 Å². The highest BCUT2D eigenvalue weighted by atomic mass is 35.5. The Morgan fingerprint density at radius 2 is 2.00 bits per heavy atom. The van der Waals surface area contributed by atoms with Gasteiger partial charge in [-0.3, -0.25) is 4.79 Å². The maximum atomic E-state index is 11.8. The summed E-state index contributed by atoms with van der Waals surface area (Å²) in [5.74, 6) is -0.276. The summed E-state index contributed by atoms with van der Waals surface area (Å²) < 4.78 is 5.62. The van der Waals surface area contributed by atoms with Crippen molar-refractivity contribution in [2.75, 3.05) is 0 Å². The fourth-order valence-corrected chi connectivity index (χ4v) is 3.68. The number of Topliss-reactive ketones (excluding diaryl/α,β-unsaturated/α-hetero) is 1. The van der Waals surface area contributed by atoms with Crippen molar-refractivity contribution in [3.05, 3.63) is 19.8 Å². The van der Waals surface area contributed by atoms with E-state index in [1.54, 1.807) is 0 Å². The maximum absolute atomic E-state index is 11.8. The van der Waals surface area contributed by atoms with Crippen molar-refractivity contribution >= 4 is 46.4 Å². The monoisotopic (exact) mass is 263 g/mol. The summed E-state index contributed by atoms with van der Waals surface area (Å²) in [7, 11) is 0. The Kier molecular flexibility index (Phi) is 1.81. The number of alkyl carbamates (subject to hydrolysis) is 1. The smallest absolute Gasteiger partial charge is 0.408 e. The van der Waals surface area contributed by atoms with Crippen LogP contribution >= 0.6 is 34.5 Å². The van der Waals surface area contributed by atoms with E-state index in [-0.39, 0.29) is 5.78 Å². The first kappa shape index (κ1) is 9.45. The van der Waals surface area contributed by atoms with Gasteiger partial charge in [-0.05, 0) is 0 Å². The normalized spacial score (nSPS) is 27.3. The Balaban J connectivity index is 2.21. The standard InChI is InChI=1S/C8H3Cl2NO3S/c9-6-1-2(7(10)15-6)4(12)5-3(1)11-8(13)14-5/h3,5H,(H,11,13)/t3-,5+/m1/s1. The van der Waals surface area contributed by atoms with Crippen LogP contribution in [0.1, 0.15) is 22.0 Å². The van der Waals surface area contributed by atoms with Crippen LogP contribution in [0.4, 0.5) is 4.79 Å². The second-order valence-electron chi connectivity index (χ2n) is 3.25. The van der Waals surface area contributed by atoms with Gasteiger partial charge in [0, 0.05) is 5.56 Å². The van der Waals surface area contributed by atoms with Crippen LogP contribution in [-0.4, -0.2) is 18.0 Å². The second kappa shape index (κ2) is 2.87. The molecule has 3 rings (SSSR count). The number of nitrogens with one attached hydrogen (secondary N) is 1. The van der Waals surface area contributed by atoms with Gasteiger partial charge >= 0.3 is 6.09 Å². The summed E-state index contributed by atoms with van der Waals surface area (Å²) in [6.07, 6.45) is -1.40. The van der Waals surface area contributed by atoms with E-state index < -0.39 is 18.2 Å². The van der Waals surface area contributed by atoms with E-state index in [4.69, 9.17) is 27.9 Å². The molecule has 78 valence electrons. The molecule has 1 aliphatic heterocycles. The van der Waals surface area contributed by atoms with Crippen molar-refractivity contribution in [2.24, 2.45) is 0 Å². The number of carbonyl (C=O) groups excluding carboxylic acids is 2. The number of thiophene rings is 1. The first-order chi connectivity index (χ1) is 7.09. The van der Waals surface area contributed by atoms with Gasteiger partial charge in [-0.2, -0.15) is 0 Å². The molecule has 1 N–H and O–H groups in total. The molecule has 0 spiro atoms. The number of hydrogen-bond acceptors (Lipinski definition) is 4. The van der Waals surface area contributed by atoms with Crippen molar-refractivity contribution in [1.82, 2.24) is 5.32 Å². The predicted octanol–water partition coefficient (Wildman–Crippen LogP) is 2.40. The van der Waals surface area contributed by atoms with Crippen molar-refractivity contribution in [3.8, 4) is 0 Å². The van der Waals surface area contributed by atoms with E-state index in [0.717, 1.165) is 11.3 Å². The number of rotatable bonds is 0. The molecule has 2 aliphatic rings. The quantitative estimate of drug-likeness (QED) is 0.782. The first-order valence-corrected chi connectivity index (χ1v) is 5.66. The Hall–Kier alpha value is -0.780. The largest absolute Gasteiger partial charge is 0.435 e. The summed E-state index contributed by atoms with van der Waals surface area (Å²) in [4.78, 5) is 22.8. The van der Waals surface area contributed by atoms with Crippen LogP contribution < -0.4 is 5.32 Å². The highest BCUT2D eigenvalue weighted by Gasteiger charge is 2.51. The lowest BCUT2D eigenvalue weighted by molar-refractivity contribution is 0.0753. The molecule has 7 heteroatoms.